The molecule has 7 nitrogen and oxygen atoms in total. The normalized spacial score (nSPS) is 11.1. The first-order valence-electron chi connectivity index (χ1n) is 14.5. The molecule has 0 atom stereocenters. The number of hydrogen-bond donors (Lipinski definition) is 0. The molecule has 0 radical (unpaired) electrons. The van der Waals surface area contributed by atoms with Crippen molar-refractivity contribution in [3.63, 3.8) is 0 Å². The standard InChI is InChI=1S/C37H29F3N2O5/c1-24-8-9-28(25(2)18-24)21-42-34(19-33(37(38,39)40)32(20-41)36(42)44)27-10-12-30(13-11-27)47-31-16-14-29(15-17-31)45-23-35(43)46-22-26-6-4-3-5-7-26/h3-19H,21-23H2,1-2H3. The van der Waals surface area contributed by atoms with Crippen LogP contribution in [-0.4, -0.2) is 17.1 Å². The second-order valence-corrected chi connectivity index (χ2v) is 10.8. The second kappa shape index (κ2) is 14.1. The molecule has 1 heterocycles. The van der Waals surface area contributed by atoms with Gasteiger partial charge in [-0.3, -0.25) is 4.79 Å². The van der Waals surface area contributed by atoms with E-state index in [4.69, 9.17) is 14.2 Å². The molecule has 0 N–H and O–H groups in total. The van der Waals surface area contributed by atoms with Crippen LogP contribution in [0.1, 0.15) is 33.4 Å². The highest BCUT2D eigenvalue weighted by molar-refractivity contribution is 5.71. The summed E-state index contributed by atoms with van der Waals surface area (Å²) in [5.74, 6) is 0.742. The summed E-state index contributed by atoms with van der Waals surface area (Å²) in [5.41, 5.74) is 0.541. The summed E-state index contributed by atoms with van der Waals surface area (Å²) < 4.78 is 59.6. The maximum atomic E-state index is 13.9. The summed E-state index contributed by atoms with van der Waals surface area (Å²) in [6.45, 7) is 3.62. The molecule has 0 saturated carbocycles. The second-order valence-electron chi connectivity index (χ2n) is 10.8. The highest BCUT2D eigenvalue weighted by Gasteiger charge is 2.36. The molecule has 238 valence electrons. The van der Waals surface area contributed by atoms with Crippen LogP contribution in [0.5, 0.6) is 17.2 Å². The highest BCUT2D eigenvalue weighted by Crippen LogP contribution is 2.35. The molecule has 47 heavy (non-hydrogen) atoms. The molecule has 0 aliphatic rings. The van der Waals surface area contributed by atoms with E-state index in [2.05, 4.69) is 0 Å². The first-order chi connectivity index (χ1) is 22.5. The van der Waals surface area contributed by atoms with Crippen molar-refractivity contribution in [3.8, 4) is 34.6 Å². The van der Waals surface area contributed by atoms with Crippen molar-refractivity contribution >= 4 is 5.97 Å². The number of hydrogen-bond acceptors (Lipinski definition) is 6. The number of ether oxygens (including phenoxy) is 3. The van der Waals surface area contributed by atoms with Gasteiger partial charge in [-0.05, 0) is 90.7 Å². The molecule has 0 bridgehead atoms. The fourth-order valence-corrected chi connectivity index (χ4v) is 4.92. The minimum Gasteiger partial charge on any atom is -0.482 e. The molecule has 0 amide bonds. The van der Waals surface area contributed by atoms with Crippen molar-refractivity contribution in [3.05, 3.63) is 147 Å². The van der Waals surface area contributed by atoms with Crippen molar-refractivity contribution in [2.45, 2.75) is 33.2 Å². The smallest absolute Gasteiger partial charge is 0.417 e. The average molecular weight is 639 g/mol. The Bertz CT molecular complexity index is 1980. The number of halogens is 3. The third-order valence-electron chi connectivity index (χ3n) is 7.35. The van der Waals surface area contributed by atoms with Gasteiger partial charge < -0.3 is 18.8 Å². The lowest BCUT2D eigenvalue weighted by molar-refractivity contribution is -0.147. The predicted molar refractivity (Wildman–Crippen MR) is 169 cm³/mol. The Hall–Kier alpha value is -5.82. The van der Waals surface area contributed by atoms with Crippen LogP contribution in [0.3, 0.4) is 0 Å². The average Bonchev–Trinajstić information content (AvgIpc) is 3.05. The van der Waals surface area contributed by atoms with E-state index in [1.807, 2.05) is 62.4 Å². The molecule has 0 saturated heterocycles. The van der Waals surface area contributed by atoms with E-state index >= 15 is 0 Å². The number of carbonyl (C=O) groups is 1. The minimum absolute atomic E-state index is 0.0108. The molecular weight excluding hydrogens is 609 g/mol. The maximum absolute atomic E-state index is 13.9. The number of carbonyl (C=O) groups excluding carboxylic acids is 1. The van der Waals surface area contributed by atoms with Gasteiger partial charge in [0.15, 0.2) is 6.61 Å². The van der Waals surface area contributed by atoms with E-state index < -0.39 is 28.8 Å². The number of pyridine rings is 1. The van der Waals surface area contributed by atoms with Gasteiger partial charge in [-0.25, -0.2) is 4.79 Å². The predicted octanol–water partition coefficient (Wildman–Crippen LogP) is 7.99. The number of nitrogens with zero attached hydrogens (tertiary/aromatic N) is 2. The summed E-state index contributed by atoms with van der Waals surface area (Å²) >= 11 is 0. The van der Waals surface area contributed by atoms with Gasteiger partial charge in [0.1, 0.15) is 35.5 Å². The number of benzene rings is 4. The van der Waals surface area contributed by atoms with E-state index in [9.17, 15) is 28.0 Å². The van der Waals surface area contributed by atoms with Gasteiger partial charge in [0.25, 0.3) is 5.56 Å². The van der Waals surface area contributed by atoms with Crippen molar-refractivity contribution < 1.29 is 32.2 Å². The Morgan fingerprint density at radius 2 is 1.49 bits per heavy atom. The summed E-state index contributed by atoms with van der Waals surface area (Å²) in [7, 11) is 0. The van der Waals surface area contributed by atoms with E-state index in [1.54, 1.807) is 48.5 Å². The maximum Gasteiger partial charge on any atom is 0.417 e. The Balaban J connectivity index is 1.32. The molecular formula is C37H29F3N2O5. The lowest BCUT2D eigenvalue weighted by Crippen LogP contribution is -2.29. The molecule has 0 spiro atoms. The topological polar surface area (TPSA) is 90.5 Å². The monoisotopic (exact) mass is 638 g/mol. The van der Waals surface area contributed by atoms with Gasteiger partial charge in [0, 0.05) is 0 Å². The number of nitriles is 1. The van der Waals surface area contributed by atoms with Gasteiger partial charge in [0.2, 0.25) is 0 Å². The SMILES string of the molecule is Cc1ccc(Cn2c(-c3ccc(Oc4ccc(OCC(=O)OCc5ccccc5)cc4)cc3)cc(C(F)(F)F)c(C#N)c2=O)c(C)c1. The van der Waals surface area contributed by atoms with Gasteiger partial charge >= 0.3 is 12.1 Å². The largest absolute Gasteiger partial charge is 0.482 e. The molecule has 5 aromatic rings. The Kier molecular flexibility index (Phi) is 9.76. The van der Waals surface area contributed by atoms with Crippen LogP contribution < -0.4 is 15.0 Å². The van der Waals surface area contributed by atoms with E-state index in [0.29, 0.717) is 22.8 Å². The van der Waals surface area contributed by atoms with E-state index in [0.717, 1.165) is 28.3 Å². The third-order valence-corrected chi connectivity index (χ3v) is 7.35. The van der Waals surface area contributed by atoms with E-state index in [1.165, 1.54) is 10.6 Å². The number of rotatable bonds is 10. The third kappa shape index (κ3) is 8.07. The van der Waals surface area contributed by atoms with Crippen LogP contribution in [0.2, 0.25) is 0 Å². The van der Waals surface area contributed by atoms with Gasteiger partial charge in [-0.1, -0.05) is 54.1 Å². The van der Waals surface area contributed by atoms with Crippen molar-refractivity contribution in [1.82, 2.24) is 4.57 Å². The molecule has 10 heteroatoms. The number of aryl methyl sites for hydroxylation is 2. The van der Waals surface area contributed by atoms with Crippen LogP contribution >= 0.6 is 0 Å². The van der Waals surface area contributed by atoms with Gasteiger partial charge in [-0.15, -0.1) is 0 Å². The lowest BCUT2D eigenvalue weighted by Gasteiger charge is -2.19. The molecule has 5 rings (SSSR count). The fourth-order valence-electron chi connectivity index (χ4n) is 4.92. The van der Waals surface area contributed by atoms with Crippen molar-refractivity contribution in [2.75, 3.05) is 6.61 Å². The van der Waals surface area contributed by atoms with Crippen LogP contribution in [-0.2, 0) is 28.9 Å². The number of alkyl halides is 3. The summed E-state index contributed by atoms with van der Waals surface area (Å²) in [6.07, 6.45) is -4.90. The lowest BCUT2D eigenvalue weighted by atomic mass is 10.0. The molecule has 0 fully saturated rings. The van der Waals surface area contributed by atoms with Crippen molar-refractivity contribution in [1.29, 1.82) is 5.26 Å². The molecule has 0 aliphatic carbocycles. The summed E-state index contributed by atoms with van der Waals surface area (Å²) in [4.78, 5) is 25.4. The Morgan fingerprint density at radius 1 is 0.851 bits per heavy atom. The molecule has 0 aliphatic heterocycles. The molecule has 4 aromatic carbocycles. The van der Waals surface area contributed by atoms with E-state index in [-0.39, 0.29) is 25.5 Å². The quantitative estimate of drug-likeness (QED) is 0.144. The fraction of sp³-hybridized carbons (Fsp3) is 0.162. The zero-order chi connectivity index (χ0) is 33.6. The highest BCUT2D eigenvalue weighted by atomic mass is 19.4. The molecule has 0 unspecified atom stereocenters. The van der Waals surface area contributed by atoms with Gasteiger partial charge in [0.05, 0.1) is 17.8 Å². The zero-order valence-corrected chi connectivity index (χ0v) is 25.5. The van der Waals surface area contributed by atoms with Crippen molar-refractivity contribution in [2.24, 2.45) is 0 Å². The first-order valence-corrected chi connectivity index (χ1v) is 14.5. The van der Waals surface area contributed by atoms with Crippen LogP contribution in [0.15, 0.2) is 108 Å². The zero-order valence-electron chi connectivity index (χ0n) is 25.5. The number of esters is 1. The molecule has 1 aromatic heterocycles. The first kappa shape index (κ1) is 32.6. The number of aromatic nitrogens is 1. The van der Waals surface area contributed by atoms with Gasteiger partial charge in [-0.2, -0.15) is 18.4 Å². The summed E-state index contributed by atoms with van der Waals surface area (Å²) in [5, 5.41) is 9.51. The van der Waals surface area contributed by atoms with Crippen LogP contribution in [0, 0.1) is 25.2 Å². The Morgan fingerprint density at radius 3 is 2.11 bits per heavy atom. The summed E-state index contributed by atoms with van der Waals surface area (Å²) in [6, 6.07) is 29.9. The van der Waals surface area contributed by atoms with Crippen LogP contribution in [0.4, 0.5) is 13.2 Å². The Labute approximate surface area is 269 Å². The van der Waals surface area contributed by atoms with Crippen LogP contribution in [0.25, 0.3) is 11.3 Å². The minimum atomic E-state index is -4.90.